The normalized spacial score (nSPS) is 12.4. The summed E-state index contributed by atoms with van der Waals surface area (Å²) in [6.45, 7) is 6.56. The summed E-state index contributed by atoms with van der Waals surface area (Å²) in [6.07, 6.45) is 1.17. The molecule has 4 rings (SSSR count). The fraction of sp³-hybridized carbons (Fsp3) is 0.323. The van der Waals surface area contributed by atoms with E-state index in [9.17, 15) is 14.4 Å². The van der Waals surface area contributed by atoms with Gasteiger partial charge in [-0.3, -0.25) is 14.4 Å². The largest absolute Gasteiger partial charge is 1.00 e. The second-order valence-corrected chi connectivity index (χ2v) is 9.66. The van der Waals surface area contributed by atoms with E-state index in [-0.39, 0.29) is 63.8 Å². The van der Waals surface area contributed by atoms with E-state index in [0.29, 0.717) is 38.3 Å². The molecule has 0 saturated carbocycles. The maximum absolute atomic E-state index is 11.8. The molecule has 3 amide bonds. The molecule has 0 radical (unpaired) electrons. The van der Waals surface area contributed by atoms with Crippen LogP contribution in [-0.4, -0.2) is 55.1 Å². The number of nitrogens with zero attached hydrogens (tertiary/aromatic N) is 3. The van der Waals surface area contributed by atoms with Gasteiger partial charge in [-0.2, -0.15) is 5.06 Å². The van der Waals surface area contributed by atoms with Crippen LogP contribution in [0.5, 0.6) is 11.5 Å². The molecule has 0 bridgehead atoms. The number of hydroxylamine groups is 2. The first-order valence-corrected chi connectivity index (χ1v) is 13.2. The fourth-order valence-corrected chi connectivity index (χ4v) is 4.76. The van der Waals surface area contributed by atoms with E-state index in [0.717, 1.165) is 57.2 Å². The van der Waals surface area contributed by atoms with E-state index >= 15 is 0 Å². The van der Waals surface area contributed by atoms with Crippen molar-refractivity contribution in [3.8, 4) is 22.6 Å². The molecule has 0 aliphatic carbocycles. The Kier molecular flexibility index (Phi) is 12.7. The number of carbonyl (C=O) groups excluding carboxylic acids is 3. The molecule has 3 aromatic rings. The molecule has 3 aromatic carbocycles. The third-order valence-electron chi connectivity index (χ3n) is 6.69. The first kappa shape index (κ1) is 32.6. The summed E-state index contributed by atoms with van der Waals surface area (Å²) in [7, 11) is 1.30. The standard InChI is InChI=1S/C31H35N3O6.K/c1-22-16-28(38-15-14-33-13-5-8-29(33)36)17-23(2)30(22)26-7-4-6-25(18-26)20-39-27-11-9-24(10-12-27)19-34(21-35)40-31(37)32-3;/h4,6-7,9-12,16-18,21H,5,8,13-15,19-20H2,1-3H3,(H,32,37);/q;+1/p-1. The smallest absolute Gasteiger partial charge is 0.617 e. The zero-order valence-electron chi connectivity index (χ0n) is 24.1. The van der Waals surface area contributed by atoms with E-state index in [1.54, 1.807) is 24.3 Å². The molecule has 0 spiro atoms. The Balaban J connectivity index is 0.00000462. The van der Waals surface area contributed by atoms with E-state index in [1.807, 2.05) is 29.2 Å². The van der Waals surface area contributed by atoms with Crippen molar-refractivity contribution in [3.63, 3.8) is 0 Å². The Hall–Kier alpha value is -2.89. The zero-order valence-corrected chi connectivity index (χ0v) is 27.2. The Morgan fingerprint density at radius 2 is 1.73 bits per heavy atom. The molecule has 0 N–H and O–H groups in total. The third kappa shape index (κ3) is 9.30. The van der Waals surface area contributed by atoms with Crippen LogP contribution in [0.15, 0.2) is 60.7 Å². The van der Waals surface area contributed by atoms with Crippen molar-refractivity contribution in [1.82, 2.24) is 9.96 Å². The summed E-state index contributed by atoms with van der Waals surface area (Å²) in [4.78, 5) is 40.9. The van der Waals surface area contributed by atoms with Gasteiger partial charge in [0.25, 0.3) is 6.09 Å². The van der Waals surface area contributed by atoms with E-state index in [1.165, 1.54) is 7.05 Å². The first-order chi connectivity index (χ1) is 19.4. The van der Waals surface area contributed by atoms with Crippen LogP contribution in [0.4, 0.5) is 4.79 Å². The predicted octanol–water partition coefficient (Wildman–Crippen LogP) is 2.57. The number of rotatable bonds is 12. The molecule has 9 nitrogen and oxygen atoms in total. The number of aryl methyl sites for hydroxylation is 2. The van der Waals surface area contributed by atoms with Gasteiger partial charge in [0.15, 0.2) is 0 Å². The Bertz CT molecular complexity index is 1320. The maximum Gasteiger partial charge on any atom is 1.00 e. The monoisotopic (exact) mass is 583 g/mol. The van der Waals surface area contributed by atoms with Crippen LogP contribution >= 0.6 is 0 Å². The van der Waals surface area contributed by atoms with Crippen molar-refractivity contribution in [1.29, 1.82) is 0 Å². The van der Waals surface area contributed by atoms with Crippen molar-refractivity contribution in [3.05, 3.63) is 88.2 Å². The number of ether oxygens (including phenoxy) is 2. The predicted molar refractivity (Wildman–Crippen MR) is 151 cm³/mol. The summed E-state index contributed by atoms with van der Waals surface area (Å²) < 4.78 is 12.0. The van der Waals surface area contributed by atoms with E-state index < -0.39 is 6.09 Å². The molecule has 41 heavy (non-hydrogen) atoms. The number of carbonyl (C=O) groups is 3. The summed E-state index contributed by atoms with van der Waals surface area (Å²) in [5.41, 5.74) is 6.28. The quantitative estimate of drug-likeness (QED) is 0.185. The van der Waals surface area contributed by atoms with Gasteiger partial charge < -0.3 is 24.5 Å². The van der Waals surface area contributed by atoms with Crippen LogP contribution in [0.1, 0.15) is 35.1 Å². The van der Waals surface area contributed by atoms with Gasteiger partial charge in [0, 0.05) is 13.0 Å². The molecule has 1 aliphatic heterocycles. The van der Waals surface area contributed by atoms with Gasteiger partial charge in [0.05, 0.1) is 13.1 Å². The molecule has 1 saturated heterocycles. The van der Waals surface area contributed by atoms with Crippen molar-refractivity contribution >= 4 is 18.4 Å². The molecule has 10 heteroatoms. The average Bonchev–Trinajstić information content (AvgIpc) is 3.36. The zero-order chi connectivity index (χ0) is 28.5. The summed E-state index contributed by atoms with van der Waals surface area (Å²) >= 11 is 0. The van der Waals surface area contributed by atoms with E-state index in [4.69, 9.17) is 14.3 Å². The Morgan fingerprint density at radius 1 is 1.00 bits per heavy atom. The average molecular weight is 584 g/mol. The molecule has 0 unspecified atom stereocenters. The molecular weight excluding hydrogens is 549 g/mol. The molecule has 1 fully saturated rings. The SMILES string of the molecule is C[N-]C(=O)ON(C=O)Cc1ccc(OCc2cccc(-c3c(C)cc(OCCN4CCCC4=O)cc3C)c2)cc1.[K+]. The van der Waals surface area contributed by atoms with Gasteiger partial charge >= 0.3 is 51.4 Å². The minimum absolute atomic E-state index is 0. The fourth-order valence-electron chi connectivity index (χ4n) is 4.76. The Labute approximate surface area is 283 Å². The van der Waals surface area contributed by atoms with Crippen molar-refractivity contribution in [2.45, 2.75) is 39.8 Å². The molecule has 0 aromatic heterocycles. The second kappa shape index (κ2) is 15.9. The van der Waals surface area contributed by atoms with Crippen molar-refractivity contribution in [2.75, 3.05) is 26.7 Å². The van der Waals surface area contributed by atoms with Gasteiger partial charge in [-0.1, -0.05) is 30.3 Å². The van der Waals surface area contributed by atoms with Crippen molar-refractivity contribution in [2.24, 2.45) is 0 Å². The summed E-state index contributed by atoms with van der Waals surface area (Å²) in [5, 5.41) is 4.24. The minimum Gasteiger partial charge on any atom is -0.617 e. The molecule has 1 heterocycles. The van der Waals surface area contributed by atoms with Crippen LogP contribution in [0.25, 0.3) is 16.4 Å². The van der Waals surface area contributed by atoms with Gasteiger partial charge in [0.2, 0.25) is 12.3 Å². The van der Waals surface area contributed by atoms with Crippen LogP contribution in [-0.2, 0) is 27.6 Å². The van der Waals surface area contributed by atoms with Crippen LogP contribution in [0, 0.1) is 13.8 Å². The van der Waals surface area contributed by atoms with Crippen LogP contribution in [0.2, 0.25) is 0 Å². The van der Waals surface area contributed by atoms with Gasteiger partial charge in [-0.15, -0.1) is 7.05 Å². The molecule has 0 atom stereocenters. The third-order valence-corrected chi connectivity index (χ3v) is 6.69. The molecule has 1 aliphatic rings. The number of benzene rings is 3. The van der Waals surface area contributed by atoms with E-state index in [2.05, 4.69) is 31.3 Å². The topological polar surface area (TPSA) is 99.5 Å². The van der Waals surface area contributed by atoms with Crippen LogP contribution in [0.3, 0.4) is 0 Å². The number of hydrogen-bond acceptors (Lipinski definition) is 6. The first-order valence-electron chi connectivity index (χ1n) is 13.2. The molecular formula is C31H34KN3O6. The summed E-state index contributed by atoms with van der Waals surface area (Å²) in [6, 6.07) is 19.6. The van der Waals surface area contributed by atoms with Gasteiger partial charge in [-0.25, -0.2) is 0 Å². The van der Waals surface area contributed by atoms with Crippen LogP contribution < -0.4 is 60.9 Å². The second-order valence-electron chi connectivity index (χ2n) is 9.66. The number of amides is 3. The minimum atomic E-state index is -0.837. The summed E-state index contributed by atoms with van der Waals surface area (Å²) in [5.74, 6) is 1.70. The number of hydrogen-bond donors (Lipinski definition) is 0. The number of likely N-dealkylation sites (tertiary alicyclic amines) is 1. The van der Waals surface area contributed by atoms with Gasteiger partial charge in [-0.05, 0) is 84.0 Å². The maximum atomic E-state index is 11.8. The van der Waals surface area contributed by atoms with Gasteiger partial charge in [0.1, 0.15) is 24.7 Å². The van der Waals surface area contributed by atoms with Crippen molar-refractivity contribution < 1.29 is 80.1 Å². The molecule has 210 valence electrons. The Morgan fingerprint density at radius 3 is 2.37 bits per heavy atom.